The number of hydrogen-bond donors (Lipinski definition) is 1. The number of sulfonamides is 1. The number of anilines is 1. The van der Waals surface area contributed by atoms with Crippen molar-refractivity contribution in [2.24, 2.45) is 0 Å². The Labute approximate surface area is 232 Å². The molecular formula is C31H39N3O4S. The van der Waals surface area contributed by atoms with Crippen molar-refractivity contribution in [3.05, 3.63) is 96.1 Å². The molecule has 7 nitrogen and oxygen atoms in total. The molecule has 3 aromatic carbocycles. The summed E-state index contributed by atoms with van der Waals surface area (Å²) in [6.45, 7) is 9.34. The molecule has 2 amide bonds. The molecule has 0 saturated heterocycles. The van der Waals surface area contributed by atoms with E-state index in [-0.39, 0.29) is 29.3 Å². The van der Waals surface area contributed by atoms with E-state index in [4.69, 9.17) is 0 Å². The summed E-state index contributed by atoms with van der Waals surface area (Å²) in [5.74, 6) is -0.469. The van der Waals surface area contributed by atoms with Crippen molar-refractivity contribution in [2.75, 3.05) is 17.4 Å². The van der Waals surface area contributed by atoms with Crippen molar-refractivity contribution in [3.8, 4) is 0 Å². The molecule has 208 valence electrons. The lowest BCUT2D eigenvalue weighted by Crippen LogP contribution is -2.53. The summed E-state index contributed by atoms with van der Waals surface area (Å²) in [7, 11) is -4.06. The fourth-order valence-corrected chi connectivity index (χ4v) is 5.68. The van der Waals surface area contributed by atoms with Crippen molar-refractivity contribution in [1.82, 2.24) is 10.2 Å². The van der Waals surface area contributed by atoms with E-state index in [1.165, 1.54) is 17.0 Å². The van der Waals surface area contributed by atoms with Crippen molar-refractivity contribution >= 4 is 27.5 Å². The highest BCUT2D eigenvalue weighted by molar-refractivity contribution is 7.92. The first-order chi connectivity index (χ1) is 18.5. The van der Waals surface area contributed by atoms with Crippen molar-refractivity contribution in [1.29, 1.82) is 0 Å². The van der Waals surface area contributed by atoms with Crippen LogP contribution >= 0.6 is 0 Å². The van der Waals surface area contributed by atoms with Gasteiger partial charge in [-0.1, -0.05) is 74.5 Å². The standard InChI is InChI=1S/C31H39N3O4S/c1-23(2)27-16-18-28(19-17-27)34(39(37,38)29-14-10-7-11-15-29)22-30(35)33(25(5)31(36)32-24(3)4)21-20-26-12-8-6-9-13-26/h6-19,23-25H,20-22H2,1-5H3,(H,32,36). The molecule has 0 fully saturated rings. The van der Waals surface area contributed by atoms with Crippen LogP contribution in [0, 0.1) is 0 Å². The number of carbonyl (C=O) groups excluding carboxylic acids is 2. The van der Waals surface area contributed by atoms with Gasteiger partial charge in [0.15, 0.2) is 0 Å². The minimum atomic E-state index is -4.06. The number of amides is 2. The van der Waals surface area contributed by atoms with Crippen molar-refractivity contribution < 1.29 is 18.0 Å². The Balaban J connectivity index is 1.98. The molecule has 0 aliphatic carbocycles. The largest absolute Gasteiger partial charge is 0.352 e. The van der Waals surface area contributed by atoms with Gasteiger partial charge in [-0.25, -0.2) is 8.42 Å². The molecule has 39 heavy (non-hydrogen) atoms. The van der Waals surface area contributed by atoms with E-state index >= 15 is 0 Å². The molecule has 0 radical (unpaired) electrons. The molecule has 3 aromatic rings. The van der Waals surface area contributed by atoms with E-state index in [9.17, 15) is 18.0 Å². The fraction of sp³-hybridized carbons (Fsp3) is 0.355. The molecule has 0 spiro atoms. The SMILES string of the molecule is CC(C)NC(=O)C(C)N(CCc1ccccc1)C(=O)CN(c1ccc(C(C)C)cc1)S(=O)(=O)c1ccccc1. The first kappa shape index (κ1) is 29.9. The molecule has 1 atom stereocenters. The smallest absolute Gasteiger partial charge is 0.264 e. The van der Waals surface area contributed by atoms with E-state index in [2.05, 4.69) is 19.2 Å². The van der Waals surface area contributed by atoms with Crippen LogP contribution in [0.15, 0.2) is 89.8 Å². The highest BCUT2D eigenvalue weighted by Crippen LogP contribution is 2.26. The minimum absolute atomic E-state index is 0.0900. The Hall–Kier alpha value is -3.65. The Bertz CT molecular complexity index is 1330. The molecule has 0 bridgehead atoms. The maximum absolute atomic E-state index is 13.9. The van der Waals surface area contributed by atoms with E-state index in [0.29, 0.717) is 12.1 Å². The number of nitrogens with zero attached hydrogens (tertiary/aromatic N) is 2. The second-order valence-corrected chi connectivity index (χ2v) is 12.1. The molecule has 0 heterocycles. The number of benzene rings is 3. The molecule has 3 rings (SSSR count). The Kier molecular flexibility index (Phi) is 10.3. The zero-order valence-electron chi connectivity index (χ0n) is 23.4. The van der Waals surface area contributed by atoms with Crippen LogP contribution < -0.4 is 9.62 Å². The summed E-state index contributed by atoms with van der Waals surface area (Å²) in [5, 5.41) is 2.87. The van der Waals surface area contributed by atoms with Gasteiger partial charge < -0.3 is 10.2 Å². The average molecular weight is 550 g/mol. The molecule has 1 N–H and O–H groups in total. The van der Waals surface area contributed by atoms with Gasteiger partial charge >= 0.3 is 0 Å². The lowest BCUT2D eigenvalue weighted by atomic mass is 10.0. The summed E-state index contributed by atoms with van der Waals surface area (Å²) in [5.41, 5.74) is 2.47. The predicted molar refractivity (Wildman–Crippen MR) is 156 cm³/mol. The Morgan fingerprint density at radius 3 is 1.90 bits per heavy atom. The van der Waals surface area contributed by atoms with Crippen molar-refractivity contribution in [2.45, 2.75) is 63.9 Å². The first-order valence-corrected chi connectivity index (χ1v) is 14.8. The summed E-state index contributed by atoms with van der Waals surface area (Å²) in [6.07, 6.45) is 0.528. The number of carbonyl (C=O) groups is 2. The van der Waals surface area contributed by atoms with Gasteiger partial charge in [-0.05, 0) is 68.5 Å². The quantitative estimate of drug-likeness (QED) is 0.345. The minimum Gasteiger partial charge on any atom is -0.352 e. The van der Waals surface area contributed by atoms with E-state index < -0.39 is 28.5 Å². The Morgan fingerprint density at radius 2 is 1.36 bits per heavy atom. The van der Waals surface area contributed by atoms with Crippen LogP contribution in [0.2, 0.25) is 0 Å². The number of rotatable bonds is 12. The van der Waals surface area contributed by atoms with Crippen LogP contribution in [-0.2, 0) is 26.0 Å². The summed E-state index contributed by atoms with van der Waals surface area (Å²) in [6, 6.07) is 24.1. The highest BCUT2D eigenvalue weighted by Gasteiger charge is 2.32. The van der Waals surface area contributed by atoms with Crippen LogP contribution in [0.25, 0.3) is 0 Å². The lowest BCUT2D eigenvalue weighted by Gasteiger charge is -2.32. The van der Waals surface area contributed by atoms with Crippen LogP contribution in [-0.4, -0.2) is 50.3 Å². The van der Waals surface area contributed by atoms with Gasteiger partial charge in [-0.2, -0.15) is 0 Å². The summed E-state index contributed by atoms with van der Waals surface area (Å²) >= 11 is 0. The van der Waals surface area contributed by atoms with Gasteiger partial charge in [0, 0.05) is 12.6 Å². The molecule has 0 aromatic heterocycles. The van der Waals surface area contributed by atoms with Crippen LogP contribution in [0.5, 0.6) is 0 Å². The molecule has 0 aliphatic rings. The molecule has 8 heteroatoms. The molecule has 0 aliphatic heterocycles. The molecular weight excluding hydrogens is 510 g/mol. The fourth-order valence-electron chi connectivity index (χ4n) is 4.25. The third-order valence-corrected chi connectivity index (χ3v) is 8.33. The van der Waals surface area contributed by atoms with Gasteiger partial charge in [-0.15, -0.1) is 0 Å². The normalized spacial score (nSPS) is 12.3. The number of nitrogens with one attached hydrogen (secondary N) is 1. The van der Waals surface area contributed by atoms with Crippen LogP contribution in [0.1, 0.15) is 51.7 Å². The lowest BCUT2D eigenvalue weighted by molar-refractivity contribution is -0.139. The second kappa shape index (κ2) is 13.4. The second-order valence-electron chi connectivity index (χ2n) is 10.2. The van der Waals surface area contributed by atoms with Gasteiger partial charge in [0.25, 0.3) is 10.0 Å². The third kappa shape index (κ3) is 7.93. The molecule has 0 saturated carbocycles. The van der Waals surface area contributed by atoms with E-state index in [1.54, 1.807) is 37.3 Å². The summed E-state index contributed by atoms with van der Waals surface area (Å²) < 4.78 is 28.8. The maximum Gasteiger partial charge on any atom is 0.264 e. The third-order valence-electron chi connectivity index (χ3n) is 6.54. The van der Waals surface area contributed by atoms with Gasteiger partial charge in [0.1, 0.15) is 12.6 Å². The predicted octanol–water partition coefficient (Wildman–Crippen LogP) is 4.99. The van der Waals surface area contributed by atoms with Gasteiger partial charge in [0.05, 0.1) is 10.6 Å². The van der Waals surface area contributed by atoms with Crippen molar-refractivity contribution in [3.63, 3.8) is 0 Å². The first-order valence-electron chi connectivity index (χ1n) is 13.3. The van der Waals surface area contributed by atoms with E-state index in [1.807, 2.05) is 56.3 Å². The average Bonchev–Trinajstić information content (AvgIpc) is 2.92. The topological polar surface area (TPSA) is 86.8 Å². The molecule has 1 unspecified atom stereocenters. The maximum atomic E-state index is 13.9. The summed E-state index contributed by atoms with van der Waals surface area (Å²) in [4.78, 5) is 28.4. The highest BCUT2D eigenvalue weighted by atomic mass is 32.2. The van der Waals surface area contributed by atoms with Crippen LogP contribution in [0.4, 0.5) is 5.69 Å². The zero-order chi connectivity index (χ0) is 28.6. The van der Waals surface area contributed by atoms with Crippen LogP contribution in [0.3, 0.4) is 0 Å². The van der Waals surface area contributed by atoms with E-state index in [0.717, 1.165) is 15.4 Å². The van der Waals surface area contributed by atoms with Gasteiger partial charge in [0.2, 0.25) is 11.8 Å². The number of hydrogen-bond acceptors (Lipinski definition) is 4. The van der Waals surface area contributed by atoms with Gasteiger partial charge in [-0.3, -0.25) is 13.9 Å². The Morgan fingerprint density at radius 1 is 0.795 bits per heavy atom. The zero-order valence-corrected chi connectivity index (χ0v) is 24.2. The monoisotopic (exact) mass is 549 g/mol.